The number of rotatable bonds is 4. The van der Waals surface area contributed by atoms with Crippen molar-refractivity contribution in [1.82, 2.24) is 0 Å². The number of aliphatic hydroxyl groups excluding tert-OH is 4. The Labute approximate surface area is 87.0 Å². The van der Waals surface area contributed by atoms with E-state index in [1.165, 1.54) is 0 Å². The maximum atomic E-state index is 9.47. The van der Waals surface area contributed by atoms with Gasteiger partial charge < -0.3 is 35.6 Å². The minimum atomic E-state index is -1.52. The third kappa shape index (κ3) is 3.08. The molecule has 0 spiro atoms. The van der Waals surface area contributed by atoms with Gasteiger partial charge in [-0.1, -0.05) is 0 Å². The van der Waals surface area contributed by atoms with Gasteiger partial charge in [-0.15, -0.1) is 0 Å². The first-order chi connectivity index (χ1) is 7.07. The van der Waals surface area contributed by atoms with E-state index in [1.54, 1.807) is 0 Å². The summed E-state index contributed by atoms with van der Waals surface area (Å²) in [5.74, 6) is 0. The van der Waals surface area contributed by atoms with Gasteiger partial charge in [0.05, 0.1) is 13.2 Å². The van der Waals surface area contributed by atoms with Gasteiger partial charge in [-0.2, -0.15) is 0 Å². The van der Waals surface area contributed by atoms with Crippen molar-refractivity contribution in [3.05, 3.63) is 0 Å². The van der Waals surface area contributed by atoms with Crippen LogP contribution in [-0.2, 0) is 9.47 Å². The van der Waals surface area contributed by atoms with Gasteiger partial charge in [0.25, 0.3) is 0 Å². The maximum Gasteiger partial charge on any atom is 0.184 e. The molecule has 5 atom stereocenters. The molecule has 1 saturated heterocycles. The SMILES string of the molecule is NCCOC[C@H]1O[C@H](O)[C@@H](O)[C@@H](O)[C@@H]1O. The van der Waals surface area contributed by atoms with Crippen LogP contribution in [0.1, 0.15) is 0 Å². The number of aliphatic hydroxyl groups is 4. The van der Waals surface area contributed by atoms with E-state index in [1.807, 2.05) is 0 Å². The molecule has 1 rings (SSSR count). The summed E-state index contributed by atoms with van der Waals surface area (Å²) >= 11 is 0. The molecule has 1 aliphatic heterocycles. The van der Waals surface area contributed by atoms with Crippen LogP contribution in [-0.4, -0.2) is 70.9 Å². The molecule has 0 aromatic rings. The molecular formula is C8H17NO6. The molecule has 1 heterocycles. The molecule has 7 nitrogen and oxygen atoms in total. The highest BCUT2D eigenvalue weighted by Gasteiger charge is 2.42. The number of hydrogen-bond acceptors (Lipinski definition) is 7. The summed E-state index contributed by atoms with van der Waals surface area (Å²) in [4.78, 5) is 0. The van der Waals surface area contributed by atoms with Gasteiger partial charge in [-0.3, -0.25) is 0 Å². The van der Waals surface area contributed by atoms with E-state index in [9.17, 15) is 10.2 Å². The van der Waals surface area contributed by atoms with Crippen LogP contribution in [0.25, 0.3) is 0 Å². The molecule has 1 fully saturated rings. The predicted octanol–water partition coefficient (Wildman–Crippen LogP) is -3.24. The van der Waals surface area contributed by atoms with Crippen LogP contribution in [0.4, 0.5) is 0 Å². The highest BCUT2D eigenvalue weighted by molar-refractivity contribution is 4.88. The predicted molar refractivity (Wildman–Crippen MR) is 48.8 cm³/mol. The first-order valence-corrected chi connectivity index (χ1v) is 4.73. The van der Waals surface area contributed by atoms with Crippen molar-refractivity contribution in [1.29, 1.82) is 0 Å². The molecule has 15 heavy (non-hydrogen) atoms. The molecule has 0 amide bonds. The summed E-state index contributed by atoms with van der Waals surface area (Å²) in [6, 6.07) is 0. The van der Waals surface area contributed by atoms with E-state index >= 15 is 0 Å². The normalized spacial score (nSPS) is 41.8. The van der Waals surface area contributed by atoms with Gasteiger partial charge >= 0.3 is 0 Å². The van der Waals surface area contributed by atoms with E-state index in [2.05, 4.69) is 0 Å². The molecule has 90 valence electrons. The van der Waals surface area contributed by atoms with E-state index in [4.69, 9.17) is 25.4 Å². The van der Waals surface area contributed by atoms with Crippen LogP contribution in [0.15, 0.2) is 0 Å². The molecule has 1 aliphatic rings. The summed E-state index contributed by atoms with van der Waals surface area (Å²) in [5.41, 5.74) is 5.19. The van der Waals surface area contributed by atoms with Crippen molar-refractivity contribution >= 4 is 0 Å². The summed E-state index contributed by atoms with van der Waals surface area (Å²) in [5, 5.41) is 37.1. The largest absolute Gasteiger partial charge is 0.387 e. The zero-order valence-electron chi connectivity index (χ0n) is 8.19. The Morgan fingerprint density at radius 2 is 1.73 bits per heavy atom. The Balaban J connectivity index is 2.43. The first-order valence-electron chi connectivity index (χ1n) is 4.73. The van der Waals surface area contributed by atoms with Gasteiger partial charge in [0.15, 0.2) is 6.29 Å². The van der Waals surface area contributed by atoms with Gasteiger partial charge in [-0.05, 0) is 0 Å². The molecular weight excluding hydrogens is 206 g/mol. The van der Waals surface area contributed by atoms with Crippen LogP contribution in [0.5, 0.6) is 0 Å². The fourth-order valence-electron chi connectivity index (χ4n) is 1.35. The third-order valence-corrected chi connectivity index (χ3v) is 2.23. The standard InChI is InChI=1S/C8H17NO6/c9-1-2-14-3-4-5(10)6(11)7(12)8(13)15-4/h4-8,10-13H,1-3,9H2/t4-,5-,6+,7+,8+/m1/s1. The second-order valence-corrected chi connectivity index (χ2v) is 3.40. The smallest absolute Gasteiger partial charge is 0.184 e. The molecule has 0 bridgehead atoms. The lowest BCUT2D eigenvalue weighted by molar-refractivity contribution is -0.288. The zero-order valence-corrected chi connectivity index (χ0v) is 8.19. The Kier molecular flexibility index (Phi) is 4.87. The van der Waals surface area contributed by atoms with Gasteiger partial charge in [0.2, 0.25) is 0 Å². The molecule has 0 aromatic heterocycles. The molecule has 0 unspecified atom stereocenters. The van der Waals surface area contributed by atoms with Crippen molar-refractivity contribution in [3.63, 3.8) is 0 Å². The van der Waals surface area contributed by atoms with Gasteiger partial charge in [0, 0.05) is 6.54 Å². The minimum absolute atomic E-state index is 0.000787. The molecule has 6 N–H and O–H groups in total. The Bertz CT molecular complexity index is 192. The lowest BCUT2D eigenvalue weighted by Crippen LogP contribution is -2.58. The topological polar surface area (TPSA) is 125 Å². The number of ether oxygens (including phenoxy) is 2. The maximum absolute atomic E-state index is 9.47. The molecule has 0 radical (unpaired) electrons. The van der Waals surface area contributed by atoms with Crippen LogP contribution in [0.3, 0.4) is 0 Å². The first kappa shape index (κ1) is 12.8. The fraction of sp³-hybridized carbons (Fsp3) is 1.00. The van der Waals surface area contributed by atoms with E-state index in [0.29, 0.717) is 13.2 Å². The van der Waals surface area contributed by atoms with E-state index in [-0.39, 0.29) is 6.61 Å². The van der Waals surface area contributed by atoms with Crippen LogP contribution in [0.2, 0.25) is 0 Å². The van der Waals surface area contributed by atoms with Gasteiger partial charge in [-0.25, -0.2) is 0 Å². The van der Waals surface area contributed by atoms with Gasteiger partial charge in [0.1, 0.15) is 24.4 Å². The highest BCUT2D eigenvalue weighted by Crippen LogP contribution is 2.19. The lowest BCUT2D eigenvalue weighted by atomic mass is 9.99. The summed E-state index contributed by atoms with van der Waals surface area (Å²) < 4.78 is 9.87. The quantitative estimate of drug-likeness (QED) is 0.317. The van der Waals surface area contributed by atoms with Crippen LogP contribution < -0.4 is 5.73 Å². The van der Waals surface area contributed by atoms with E-state index < -0.39 is 30.7 Å². The average Bonchev–Trinajstić information content (AvgIpc) is 2.23. The van der Waals surface area contributed by atoms with Crippen molar-refractivity contribution in [2.75, 3.05) is 19.8 Å². The lowest BCUT2D eigenvalue weighted by Gasteiger charge is -2.38. The van der Waals surface area contributed by atoms with E-state index in [0.717, 1.165) is 0 Å². The molecule has 0 aromatic carbocycles. The Morgan fingerprint density at radius 3 is 2.33 bits per heavy atom. The molecule has 0 aliphatic carbocycles. The zero-order chi connectivity index (χ0) is 11.4. The van der Waals surface area contributed by atoms with Crippen molar-refractivity contribution in [2.24, 2.45) is 5.73 Å². The van der Waals surface area contributed by atoms with Crippen molar-refractivity contribution in [2.45, 2.75) is 30.7 Å². The second kappa shape index (κ2) is 5.71. The second-order valence-electron chi connectivity index (χ2n) is 3.40. The Hall–Kier alpha value is -0.280. The summed E-state index contributed by atoms with van der Waals surface area (Å²) in [6.07, 6.45) is -6.63. The number of hydrogen-bond donors (Lipinski definition) is 5. The average molecular weight is 223 g/mol. The molecule has 0 saturated carbocycles. The van der Waals surface area contributed by atoms with Crippen LogP contribution in [0, 0.1) is 0 Å². The Morgan fingerprint density at radius 1 is 1.07 bits per heavy atom. The summed E-state index contributed by atoms with van der Waals surface area (Å²) in [7, 11) is 0. The highest BCUT2D eigenvalue weighted by atomic mass is 16.6. The van der Waals surface area contributed by atoms with Crippen molar-refractivity contribution in [3.8, 4) is 0 Å². The van der Waals surface area contributed by atoms with Crippen molar-refractivity contribution < 1.29 is 29.9 Å². The minimum Gasteiger partial charge on any atom is -0.387 e. The third-order valence-electron chi connectivity index (χ3n) is 2.23. The summed E-state index contributed by atoms with van der Waals surface area (Å²) in [6.45, 7) is 0.622. The number of nitrogens with two attached hydrogens (primary N) is 1. The fourth-order valence-corrected chi connectivity index (χ4v) is 1.35. The van der Waals surface area contributed by atoms with Crippen LogP contribution >= 0.6 is 0 Å². The molecule has 7 heteroatoms. The monoisotopic (exact) mass is 223 g/mol.